The number of likely N-dealkylation sites (tertiary alicyclic amines) is 1. The lowest BCUT2D eigenvalue weighted by atomic mass is 9.95. The summed E-state index contributed by atoms with van der Waals surface area (Å²) in [5.41, 5.74) is 3.17. The van der Waals surface area contributed by atoms with Crippen molar-refractivity contribution in [3.05, 3.63) is 58.1 Å². The van der Waals surface area contributed by atoms with Gasteiger partial charge in [-0.25, -0.2) is 0 Å². The summed E-state index contributed by atoms with van der Waals surface area (Å²) in [6.07, 6.45) is 1.77. The maximum atomic E-state index is 12.7. The van der Waals surface area contributed by atoms with Gasteiger partial charge in [-0.2, -0.15) is 0 Å². The largest absolute Gasteiger partial charge is 0.495 e. The molecule has 5 heteroatoms. The van der Waals surface area contributed by atoms with Crippen molar-refractivity contribution in [2.75, 3.05) is 25.5 Å². The molecule has 1 amide bonds. The number of amides is 1. The van der Waals surface area contributed by atoms with Gasteiger partial charge in [-0.15, -0.1) is 0 Å². The van der Waals surface area contributed by atoms with Gasteiger partial charge in [0.2, 0.25) is 5.91 Å². The number of halogens is 1. The topological polar surface area (TPSA) is 41.6 Å². The summed E-state index contributed by atoms with van der Waals surface area (Å²) < 4.78 is 6.45. The number of methoxy groups -OCH3 is 1. The van der Waals surface area contributed by atoms with Gasteiger partial charge in [0.15, 0.2) is 0 Å². The predicted molar refractivity (Wildman–Crippen MR) is 109 cm³/mol. The van der Waals surface area contributed by atoms with E-state index in [1.807, 2.05) is 25.1 Å². The van der Waals surface area contributed by atoms with Crippen LogP contribution in [-0.2, 0) is 11.3 Å². The van der Waals surface area contributed by atoms with Gasteiger partial charge in [-0.3, -0.25) is 9.69 Å². The fourth-order valence-corrected chi connectivity index (χ4v) is 3.62. The number of benzene rings is 2. The number of hydrogen-bond donors (Lipinski definition) is 1. The van der Waals surface area contributed by atoms with Crippen LogP contribution in [0.2, 0.25) is 0 Å². The second-order valence-corrected chi connectivity index (χ2v) is 7.79. The lowest BCUT2D eigenvalue weighted by Gasteiger charge is -2.31. The van der Waals surface area contributed by atoms with Crippen LogP contribution in [0.3, 0.4) is 0 Å². The minimum Gasteiger partial charge on any atom is -0.495 e. The quantitative estimate of drug-likeness (QED) is 0.772. The molecule has 0 saturated carbocycles. The number of rotatable bonds is 5. The number of carbonyl (C=O) groups excluding carboxylic acids is 1. The standard InChI is InChI=1S/C21H25BrN2O2/c1-15-3-8-20(26-2)19(13-15)23-21(25)17-9-11-24(12-10-17)14-16-4-6-18(22)7-5-16/h3-8,13,17H,9-12,14H2,1-2H3,(H,23,25). The molecule has 1 saturated heterocycles. The highest BCUT2D eigenvalue weighted by atomic mass is 79.9. The Balaban J connectivity index is 1.53. The van der Waals surface area contributed by atoms with Crippen LogP contribution >= 0.6 is 15.9 Å². The normalized spacial score (nSPS) is 15.7. The van der Waals surface area contributed by atoms with Crippen molar-refractivity contribution >= 4 is 27.5 Å². The van der Waals surface area contributed by atoms with Crippen LogP contribution in [0.15, 0.2) is 46.9 Å². The SMILES string of the molecule is COc1ccc(C)cc1NC(=O)C1CCN(Cc2ccc(Br)cc2)CC1. The smallest absolute Gasteiger partial charge is 0.227 e. The second kappa shape index (κ2) is 8.69. The zero-order valence-electron chi connectivity index (χ0n) is 15.3. The number of carbonyl (C=O) groups is 1. The molecule has 1 fully saturated rings. The van der Waals surface area contributed by atoms with E-state index in [4.69, 9.17) is 4.74 Å². The molecule has 1 N–H and O–H groups in total. The highest BCUT2D eigenvalue weighted by Crippen LogP contribution is 2.27. The van der Waals surface area contributed by atoms with Gasteiger partial charge in [0, 0.05) is 16.9 Å². The third-order valence-corrected chi connectivity index (χ3v) is 5.42. The fraction of sp³-hybridized carbons (Fsp3) is 0.381. The van der Waals surface area contributed by atoms with Gasteiger partial charge < -0.3 is 10.1 Å². The van der Waals surface area contributed by atoms with E-state index in [1.165, 1.54) is 5.56 Å². The summed E-state index contributed by atoms with van der Waals surface area (Å²) in [5, 5.41) is 3.06. The molecule has 0 unspecified atom stereocenters. The first-order valence-corrected chi connectivity index (χ1v) is 9.77. The van der Waals surface area contributed by atoms with Crippen molar-refractivity contribution in [2.45, 2.75) is 26.3 Å². The molecule has 0 aromatic heterocycles. The molecular formula is C21H25BrN2O2. The molecule has 1 aliphatic heterocycles. The Labute approximate surface area is 163 Å². The molecule has 1 heterocycles. The van der Waals surface area contributed by atoms with Crippen LogP contribution in [0.25, 0.3) is 0 Å². The van der Waals surface area contributed by atoms with Gasteiger partial charge in [0.25, 0.3) is 0 Å². The summed E-state index contributed by atoms with van der Waals surface area (Å²) in [6.45, 7) is 4.83. The first-order valence-electron chi connectivity index (χ1n) is 8.97. The Bertz CT molecular complexity index is 753. The third kappa shape index (κ3) is 4.86. The summed E-state index contributed by atoms with van der Waals surface area (Å²) >= 11 is 3.47. The maximum absolute atomic E-state index is 12.7. The van der Waals surface area contributed by atoms with E-state index in [2.05, 4.69) is 50.4 Å². The minimum atomic E-state index is 0.0568. The van der Waals surface area contributed by atoms with Crippen molar-refractivity contribution in [3.8, 4) is 5.75 Å². The molecule has 0 atom stereocenters. The average Bonchev–Trinajstić information content (AvgIpc) is 2.64. The third-order valence-electron chi connectivity index (χ3n) is 4.89. The van der Waals surface area contributed by atoms with E-state index in [-0.39, 0.29) is 11.8 Å². The Hall–Kier alpha value is -1.85. The number of nitrogens with zero attached hydrogens (tertiary/aromatic N) is 1. The number of nitrogens with one attached hydrogen (secondary N) is 1. The number of hydrogen-bond acceptors (Lipinski definition) is 3. The summed E-state index contributed by atoms with van der Waals surface area (Å²) in [4.78, 5) is 15.1. The molecule has 138 valence electrons. The molecule has 0 radical (unpaired) electrons. The fourth-order valence-electron chi connectivity index (χ4n) is 3.36. The summed E-state index contributed by atoms with van der Waals surface area (Å²) in [5.74, 6) is 0.857. The molecule has 4 nitrogen and oxygen atoms in total. The number of aryl methyl sites for hydroxylation is 1. The van der Waals surface area contributed by atoms with E-state index in [9.17, 15) is 4.79 Å². The molecule has 2 aromatic rings. The van der Waals surface area contributed by atoms with Crippen molar-refractivity contribution in [1.82, 2.24) is 4.90 Å². The number of piperidine rings is 1. The average molecular weight is 417 g/mol. The molecule has 0 bridgehead atoms. The van der Waals surface area contributed by atoms with E-state index >= 15 is 0 Å². The van der Waals surface area contributed by atoms with Gasteiger partial charge in [-0.05, 0) is 68.2 Å². The molecule has 2 aromatic carbocycles. The van der Waals surface area contributed by atoms with E-state index < -0.39 is 0 Å². The van der Waals surface area contributed by atoms with Crippen LogP contribution in [0.4, 0.5) is 5.69 Å². The van der Waals surface area contributed by atoms with Crippen LogP contribution in [0.1, 0.15) is 24.0 Å². The second-order valence-electron chi connectivity index (χ2n) is 6.87. The highest BCUT2D eigenvalue weighted by molar-refractivity contribution is 9.10. The molecule has 26 heavy (non-hydrogen) atoms. The van der Waals surface area contributed by atoms with Crippen LogP contribution in [-0.4, -0.2) is 31.0 Å². The van der Waals surface area contributed by atoms with Crippen molar-refractivity contribution in [2.24, 2.45) is 5.92 Å². The minimum absolute atomic E-state index is 0.0568. The zero-order chi connectivity index (χ0) is 18.5. The maximum Gasteiger partial charge on any atom is 0.227 e. The lowest BCUT2D eigenvalue weighted by molar-refractivity contribution is -0.121. The van der Waals surface area contributed by atoms with Gasteiger partial charge in [-0.1, -0.05) is 34.1 Å². The van der Waals surface area contributed by atoms with E-state index in [1.54, 1.807) is 7.11 Å². The van der Waals surface area contributed by atoms with Crippen LogP contribution < -0.4 is 10.1 Å². The molecule has 1 aliphatic rings. The monoisotopic (exact) mass is 416 g/mol. The number of ether oxygens (including phenoxy) is 1. The highest BCUT2D eigenvalue weighted by Gasteiger charge is 2.25. The van der Waals surface area contributed by atoms with Crippen molar-refractivity contribution in [1.29, 1.82) is 0 Å². The predicted octanol–water partition coefficient (Wildman–Crippen LogP) is 4.62. The van der Waals surface area contributed by atoms with E-state index in [0.717, 1.165) is 48.2 Å². The van der Waals surface area contributed by atoms with Crippen molar-refractivity contribution in [3.63, 3.8) is 0 Å². The van der Waals surface area contributed by atoms with Crippen LogP contribution in [0.5, 0.6) is 5.75 Å². The first kappa shape index (κ1) is 18.9. The Morgan fingerprint density at radius 1 is 1.19 bits per heavy atom. The van der Waals surface area contributed by atoms with Crippen LogP contribution in [0, 0.1) is 12.8 Å². The zero-order valence-corrected chi connectivity index (χ0v) is 16.9. The molecule has 3 rings (SSSR count). The molecular weight excluding hydrogens is 392 g/mol. The lowest BCUT2D eigenvalue weighted by Crippen LogP contribution is -2.37. The van der Waals surface area contributed by atoms with Gasteiger partial charge in [0.1, 0.15) is 5.75 Å². The summed E-state index contributed by atoms with van der Waals surface area (Å²) in [6, 6.07) is 14.3. The Kier molecular flexibility index (Phi) is 6.33. The summed E-state index contributed by atoms with van der Waals surface area (Å²) in [7, 11) is 1.63. The number of anilines is 1. The Morgan fingerprint density at radius 2 is 1.88 bits per heavy atom. The van der Waals surface area contributed by atoms with E-state index in [0.29, 0.717) is 5.75 Å². The molecule has 0 aliphatic carbocycles. The molecule has 0 spiro atoms. The van der Waals surface area contributed by atoms with Crippen molar-refractivity contribution < 1.29 is 9.53 Å². The Morgan fingerprint density at radius 3 is 2.54 bits per heavy atom. The first-order chi connectivity index (χ1) is 12.5. The van der Waals surface area contributed by atoms with Gasteiger partial charge >= 0.3 is 0 Å². The van der Waals surface area contributed by atoms with Gasteiger partial charge in [0.05, 0.1) is 12.8 Å².